The van der Waals surface area contributed by atoms with Crippen molar-refractivity contribution in [2.75, 3.05) is 38.3 Å². The first-order chi connectivity index (χ1) is 13.7. The van der Waals surface area contributed by atoms with Crippen LogP contribution < -0.4 is 15.0 Å². The van der Waals surface area contributed by atoms with Gasteiger partial charge in [0.1, 0.15) is 5.75 Å². The highest BCUT2D eigenvalue weighted by Gasteiger charge is 2.22. The lowest BCUT2D eigenvalue weighted by Gasteiger charge is -2.35. The van der Waals surface area contributed by atoms with E-state index in [-0.39, 0.29) is 12.1 Å². The van der Waals surface area contributed by atoms with Crippen LogP contribution in [0.3, 0.4) is 0 Å². The van der Waals surface area contributed by atoms with Crippen molar-refractivity contribution in [1.29, 1.82) is 0 Å². The Morgan fingerprint density at radius 2 is 1.93 bits per heavy atom. The first-order valence-corrected chi connectivity index (χ1v) is 9.96. The summed E-state index contributed by atoms with van der Waals surface area (Å²) >= 11 is 0. The van der Waals surface area contributed by atoms with Crippen molar-refractivity contribution in [1.82, 2.24) is 5.32 Å². The summed E-state index contributed by atoms with van der Waals surface area (Å²) in [5.41, 5.74) is 2.52. The summed E-state index contributed by atoms with van der Waals surface area (Å²) < 4.78 is 11.4. The first-order valence-electron chi connectivity index (χ1n) is 9.96. The Morgan fingerprint density at radius 3 is 2.82 bits per heavy atom. The number of anilines is 1. The fraction of sp³-hybridized carbons (Fsp3) is 0.333. The molecule has 1 N–H and O–H groups in total. The van der Waals surface area contributed by atoms with E-state index in [1.165, 1.54) is 22.0 Å². The number of benzene rings is 3. The molecule has 0 radical (unpaired) electrons. The second-order valence-electron chi connectivity index (χ2n) is 7.34. The Hall–Kier alpha value is -2.56. The summed E-state index contributed by atoms with van der Waals surface area (Å²) in [4.78, 5) is 2.38. The average molecular weight is 377 g/mol. The SMILES string of the molecule is COc1cccc(N2CCOC(CN[C@H](C)c3cccc4ccccc34)C2)c1. The van der Waals surface area contributed by atoms with Gasteiger partial charge in [-0.05, 0) is 35.4 Å². The predicted molar refractivity (Wildman–Crippen MR) is 115 cm³/mol. The fourth-order valence-corrected chi connectivity index (χ4v) is 3.93. The third-order valence-electron chi connectivity index (χ3n) is 5.50. The molecule has 1 unspecified atom stereocenters. The molecular weight excluding hydrogens is 348 g/mol. The number of hydrogen-bond acceptors (Lipinski definition) is 4. The molecule has 0 saturated carbocycles. The zero-order valence-corrected chi connectivity index (χ0v) is 16.6. The van der Waals surface area contributed by atoms with E-state index in [0.29, 0.717) is 0 Å². The molecule has 1 aliphatic rings. The minimum absolute atomic E-state index is 0.164. The molecule has 4 nitrogen and oxygen atoms in total. The molecule has 0 aromatic heterocycles. The third kappa shape index (κ3) is 4.13. The van der Waals surface area contributed by atoms with E-state index >= 15 is 0 Å². The molecule has 0 bridgehead atoms. The molecule has 3 aromatic rings. The number of nitrogens with zero attached hydrogens (tertiary/aromatic N) is 1. The highest BCUT2D eigenvalue weighted by Crippen LogP contribution is 2.25. The quantitative estimate of drug-likeness (QED) is 0.691. The van der Waals surface area contributed by atoms with Gasteiger partial charge >= 0.3 is 0 Å². The van der Waals surface area contributed by atoms with Crippen LogP contribution in [0.2, 0.25) is 0 Å². The lowest BCUT2D eigenvalue weighted by Crippen LogP contribution is -2.47. The molecule has 1 fully saturated rings. The summed E-state index contributed by atoms with van der Waals surface area (Å²) in [6.45, 7) is 5.58. The second kappa shape index (κ2) is 8.63. The summed E-state index contributed by atoms with van der Waals surface area (Å²) in [5.74, 6) is 0.892. The van der Waals surface area contributed by atoms with E-state index in [1.807, 2.05) is 12.1 Å². The maximum atomic E-state index is 6.02. The van der Waals surface area contributed by atoms with Gasteiger partial charge in [0.25, 0.3) is 0 Å². The number of morpholine rings is 1. The van der Waals surface area contributed by atoms with Crippen LogP contribution in [0.1, 0.15) is 18.5 Å². The van der Waals surface area contributed by atoms with Gasteiger partial charge in [-0.2, -0.15) is 0 Å². The van der Waals surface area contributed by atoms with Crippen molar-refractivity contribution >= 4 is 16.5 Å². The van der Waals surface area contributed by atoms with Gasteiger partial charge in [0.05, 0.1) is 19.8 Å². The van der Waals surface area contributed by atoms with Crippen LogP contribution in [-0.2, 0) is 4.74 Å². The van der Waals surface area contributed by atoms with E-state index in [2.05, 4.69) is 71.7 Å². The molecule has 0 aliphatic carbocycles. The number of hydrogen-bond donors (Lipinski definition) is 1. The Bertz CT molecular complexity index is 922. The second-order valence-corrected chi connectivity index (χ2v) is 7.34. The van der Waals surface area contributed by atoms with Crippen molar-refractivity contribution in [3.05, 3.63) is 72.3 Å². The largest absolute Gasteiger partial charge is 0.497 e. The van der Waals surface area contributed by atoms with E-state index < -0.39 is 0 Å². The van der Waals surface area contributed by atoms with Crippen molar-refractivity contribution in [2.45, 2.75) is 19.1 Å². The number of methoxy groups -OCH3 is 1. The number of rotatable bonds is 6. The lowest BCUT2D eigenvalue weighted by molar-refractivity contribution is 0.0394. The van der Waals surface area contributed by atoms with Gasteiger partial charge in [-0.15, -0.1) is 0 Å². The summed E-state index contributed by atoms with van der Waals surface area (Å²) in [6.07, 6.45) is 0.164. The Balaban J connectivity index is 1.40. The van der Waals surface area contributed by atoms with E-state index in [1.54, 1.807) is 7.11 Å². The molecule has 4 heteroatoms. The molecule has 2 atom stereocenters. The standard InChI is InChI=1S/C24H28N2O2/c1-18(23-12-5-8-19-7-3-4-11-24(19)23)25-16-22-17-26(13-14-28-22)20-9-6-10-21(15-20)27-2/h3-12,15,18,22,25H,13-14,16-17H2,1-2H3/t18-,22?/m1/s1. The van der Waals surface area contributed by atoms with Gasteiger partial charge < -0.3 is 19.7 Å². The molecule has 4 rings (SSSR count). The molecule has 1 aliphatic heterocycles. The molecule has 1 saturated heterocycles. The minimum atomic E-state index is 0.164. The van der Waals surface area contributed by atoms with Crippen molar-refractivity contribution < 1.29 is 9.47 Å². The zero-order valence-electron chi connectivity index (χ0n) is 16.6. The van der Waals surface area contributed by atoms with Gasteiger partial charge in [-0.1, -0.05) is 48.5 Å². The number of ether oxygens (including phenoxy) is 2. The summed E-state index contributed by atoms with van der Waals surface area (Å²) in [7, 11) is 1.71. The van der Waals surface area contributed by atoms with Crippen LogP contribution in [0.5, 0.6) is 5.75 Å². The zero-order chi connectivity index (χ0) is 19.3. The van der Waals surface area contributed by atoms with Crippen LogP contribution in [0.4, 0.5) is 5.69 Å². The molecule has 3 aromatic carbocycles. The fourth-order valence-electron chi connectivity index (χ4n) is 3.93. The molecular formula is C24H28N2O2. The predicted octanol–water partition coefficient (Wildman–Crippen LogP) is 4.40. The average Bonchev–Trinajstić information content (AvgIpc) is 2.77. The lowest BCUT2D eigenvalue weighted by atomic mass is 9.99. The first kappa shape index (κ1) is 18.8. The van der Waals surface area contributed by atoms with Crippen molar-refractivity contribution in [3.63, 3.8) is 0 Å². The number of fused-ring (bicyclic) bond motifs is 1. The molecule has 0 spiro atoms. The van der Waals surface area contributed by atoms with Gasteiger partial charge in [0, 0.05) is 37.4 Å². The molecule has 28 heavy (non-hydrogen) atoms. The van der Waals surface area contributed by atoms with Crippen LogP contribution in [0.15, 0.2) is 66.7 Å². The smallest absolute Gasteiger partial charge is 0.120 e. The summed E-state index contributed by atoms with van der Waals surface area (Å²) in [6, 6.07) is 23.6. The molecule has 1 heterocycles. The van der Waals surface area contributed by atoms with E-state index in [9.17, 15) is 0 Å². The van der Waals surface area contributed by atoms with Gasteiger partial charge in [-0.25, -0.2) is 0 Å². The maximum absolute atomic E-state index is 6.02. The van der Waals surface area contributed by atoms with E-state index in [4.69, 9.17) is 9.47 Å². The Labute approximate surface area is 167 Å². The monoisotopic (exact) mass is 376 g/mol. The Morgan fingerprint density at radius 1 is 1.11 bits per heavy atom. The topological polar surface area (TPSA) is 33.7 Å². The van der Waals surface area contributed by atoms with Gasteiger partial charge in [0.15, 0.2) is 0 Å². The van der Waals surface area contributed by atoms with Gasteiger partial charge in [0.2, 0.25) is 0 Å². The maximum Gasteiger partial charge on any atom is 0.120 e. The number of nitrogens with one attached hydrogen (secondary N) is 1. The van der Waals surface area contributed by atoms with Crippen LogP contribution in [-0.4, -0.2) is 39.5 Å². The van der Waals surface area contributed by atoms with Crippen LogP contribution in [0.25, 0.3) is 10.8 Å². The van der Waals surface area contributed by atoms with Crippen LogP contribution in [0, 0.1) is 0 Å². The molecule has 146 valence electrons. The Kier molecular flexibility index (Phi) is 5.79. The highest BCUT2D eigenvalue weighted by molar-refractivity contribution is 5.86. The van der Waals surface area contributed by atoms with Crippen molar-refractivity contribution in [2.24, 2.45) is 0 Å². The third-order valence-corrected chi connectivity index (χ3v) is 5.50. The molecule has 0 amide bonds. The summed E-state index contributed by atoms with van der Waals surface area (Å²) in [5, 5.41) is 6.28. The van der Waals surface area contributed by atoms with Gasteiger partial charge in [-0.3, -0.25) is 0 Å². The minimum Gasteiger partial charge on any atom is -0.497 e. The normalized spacial score (nSPS) is 18.2. The van der Waals surface area contributed by atoms with Crippen LogP contribution >= 0.6 is 0 Å². The van der Waals surface area contributed by atoms with E-state index in [0.717, 1.165) is 32.0 Å². The highest BCUT2D eigenvalue weighted by atomic mass is 16.5. The van der Waals surface area contributed by atoms with Crippen molar-refractivity contribution in [3.8, 4) is 5.75 Å².